The lowest BCUT2D eigenvalue weighted by atomic mass is 10.2. The van der Waals surface area contributed by atoms with Gasteiger partial charge in [-0.2, -0.15) is 0 Å². The quantitative estimate of drug-likeness (QED) is 0.532. The zero-order valence-electron chi connectivity index (χ0n) is 14.9. The van der Waals surface area contributed by atoms with Gasteiger partial charge in [0.2, 0.25) is 0 Å². The highest BCUT2D eigenvalue weighted by Gasteiger charge is 2.19. The molecule has 0 saturated heterocycles. The van der Waals surface area contributed by atoms with E-state index in [0.29, 0.717) is 28.4 Å². The molecule has 27 heavy (non-hydrogen) atoms. The third-order valence-electron chi connectivity index (χ3n) is 3.98. The van der Waals surface area contributed by atoms with Gasteiger partial charge < -0.3 is 5.32 Å². The van der Waals surface area contributed by atoms with Gasteiger partial charge in [0.1, 0.15) is 0 Å². The fraction of sp³-hybridized carbons (Fsp3) is 0.263. The van der Waals surface area contributed by atoms with Gasteiger partial charge in [-0.1, -0.05) is 49.6 Å². The van der Waals surface area contributed by atoms with Gasteiger partial charge in [0.15, 0.2) is 11.6 Å². The number of hydrogen-bond acceptors (Lipinski definition) is 5. The Morgan fingerprint density at radius 3 is 2.33 bits per heavy atom. The fourth-order valence-corrected chi connectivity index (χ4v) is 3.91. The molecule has 0 atom stereocenters. The zero-order chi connectivity index (χ0) is 19.3. The summed E-state index contributed by atoms with van der Waals surface area (Å²) in [4.78, 5) is 9.07. The van der Waals surface area contributed by atoms with Crippen molar-refractivity contribution in [2.75, 3.05) is 16.6 Å². The van der Waals surface area contributed by atoms with Gasteiger partial charge >= 0.3 is 0 Å². The molecule has 0 unspecified atom stereocenters. The van der Waals surface area contributed by atoms with E-state index in [1.54, 1.807) is 18.2 Å². The molecule has 0 aliphatic heterocycles. The predicted molar refractivity (Wildman–Crippen MR) is 110 cm³/mol. The molecule has 0 saturated carbocycles. The smallest absolute Gasteiger partial charge is 0.263 e. The van der Waals surface area contributed by atoms with Crippen LogP contribution in [0.3, 0.4) is 0 Å². The average Bonchev–Trinajstić information content (AvgIpc) is 2.65. The molecule has 1 heterocycles. The van der Waals surface area contributed by atoms with Crippen molar-refractivity contribution in [2.45, 2.75) is 31.1 Å². The van der Waals surface area contributed by atoms with E-state index in [1.165, 1.54) is 12.1 Å². The Hall–Kier alpha value is -2.38. The first-order chi connectivity index (χ1) is 13.0. The van der Waals surface area contributed by atoms with Crippen LogP contribution >= 0.6 is 11.6 Å². The molecular formula is C19H21ClN4O2S. The maximum atomic E-state index is 12.8. The van der Waals surface area contributed by atoms with E-state index in [-0.39, 0.29) is 10.7 Å². The molecule has 0 aliphatic rings. The molecule has 1 aromatic heterocycles. The molecule has 0 amide bonds. The van der Waals surface area contributed by atoms with Gasteiger partial charge in [-0.05, 0) is 36.8 Å². The Morgan fingerprint density at radius 1 is 0.963 bits per heavy atom. The standard InChI is InChI=1S/C19H21ClN4O2S/c1-2-3-6-12-21-18-19(23-17-11-5-4-10-16(17)22-18)24-27(25,26)15-9-7-8-14(20)13-15/h4-5,7-11,13H,2-3,6,12H2,1H3,(H,21,22)(H,23,24). The predicted octanol–water partition coefficient (Wildman–Crippen LogP) is 4.69. The number of nitrogens with one attached hydrogen (secondary N) is 2. The first-order valence-corrected chi connectivity index (χ1v) is 10.6. The third-order valence-corrected chi connectivity index (χ3v) is 5.55. The molecule has 8 heteroatoms. The minimum absolute atomic E-state index is 0.0712. The fourth-order valence-electron chi connectivity index (χ4n) is 2.60. The van der Waals surface area contributed by atoms with Crippen molar-refractivity contribution >= 4 is 44.3 Å². The lowest BCUT2D eigenvalue weighted by molar-refractivity contribution is 0.601. The third kappa shape index (κ3) is 4.87. The summed E-state index contributed by atoms with van der Waals surface area (Å²) in [5, 5.41) is 3.55. The van der Waals surface area contributed by atoms with Crippen molar-refractivity contribution in [3.63, 3.8) is 0 Å². The molecule has 0 bridgehead atoms. The van der Waals surface area contributed by atoms with Gasteiger partial charge in [0.05, 0.1) is 15.9 Å². The number of para-hydroxylation sites is 2. The van der Waals surface area contributed by atoms with Gasteiger partial charge in [-0.15, -0.1) is 0 Å². The molecule has 2 N–H and O–H groups in total. The van der Waals surface area contributed by atoms with Crippen LogP contribution in [0.15, 0.2) is 53.4 Å². The maximum Gasteiger partial charge on any atom is 0.263 e. The number of anilines is 2. The van der Waals surface area contributed by atoms with Crippen LogP contribution in [0, 0.1) is 0 Å². The van der Waals surface area contributed by atoms with Crippen molar-refractivity contribution in [3.8, 4) is 0 Å². The van der Waals surface area contributed by atoms with Crippen LogP contribution in [0.1, 0.15) is 26.2 Å². The van der Waals surface area contributed by atoms with Crippen LogP contribution in [0.2, 0.25) is 5.02 Å². The van der Waals surface area contributed by atoms with E-state index >= 15 is 0 Å². The van der Waals surface area contributed by atoms with E-state index in [2.05, 4.69) is 26.9 Å². The van der Waals surface area contributed by atoms with Crippen molar-refractivity contribution < 1.29 is 8.42 Å². The second kappa shape index (κ2) is 8.54. The summed E-state index contributed by atoms with van der Waals surface area (Å²) in [6.07, 6.45) is 3.14. The van der Waals surface area contributed by atoms with Crippen LogP contribution in [-0.2, 0) is 10.0 Å². The molecule has 6 nitrogen and oxygen atoms in total. The van der Waals surface area contributed by atoms with Crippen molar-refractivity contribution in [1.29, 1.82) is 0 Å². The van der Waals surface area contributed by atoms with Gasteiger partial charge in [-0.3, -0.25) is 4.72 Å². The summed E-state index contributed by atoms with van der Waals surface area (Å²) in [6.45, 7) is 2.81. The lowest BCUT2D eigenvalue weighted by Gasteiger charge is -2.14. The number of halogens is 1. The zero-order valence-corrected chi connectivity index (χ0v) is 16.5. The molecule has 0 spiro atoms. The highest BCUT2D eigenvalue weighted by Crippen LogP contribution is 2.25. The number of aromatic nitrogens is 2. The minimum Gasteiger partial charge on any atom is -0.367 e. The Morgan fingerprint density at radius 2 is 1.67 bits per heavy atom. The van der Waals surface area contributed by atoms with Crippen LogP contribution in [0.25, 0.3) is 11.0 Å². The summed E-state index contributed by atoms with van der Waals surface area (Å²) in [5.41, 5.74) is 1.31. The van der Waals surface area contributed by atoms with E-state index in [9.17, 15) is 8.42 Å². The van der Waals surface area contributed by atoms with E-state index < -0.39 is 10.0 Å². The van der Waals surface area contributed by atoms with Gasteiger partial charge in [0.25, 0.3) is 10.0 Å². The number of unbranched alkanes of at least 4 members (excludes halogenated alkanes) is 2. The number of fused-ring (bicyclic) bond motifs is 1. The minimum atomic E-state index is -3.84. The van der Waals surface area contributed by atoms with Crippen LogP contribution in [0.5, 0.6) is 0 Å². The highest BCUT2D eigenvalue weighted by molar-refractivity contribution is 7.92. The normalized spacial score (nSPS) is 11.5. The Kier molecular flexibility index (Phi) is 6.13. The summed E-state index contributed by atoms with van der Waals surface area (Å²) in [7, 11) is -3.84. The molecule has 0 radical (unpaired) electrons. The summed E-state index contributed by atoms with van der Waals surface area (Å²) in [5.74, 6) is 0.584. The first kappa shape index (κ1) is 19.4. The van der Waals surface area contributed by atoms with Crippen molar-refractivity contribution in [3.05, 3.63) is 53.6 Å². The monoisotopic (exact) mass is 404 g/mol. The Bertz CT molecular complexity index is 1040. The second-order valence-electron chi connectivity index (χ2n) is 6.11. The summed E-state index contributed by atoms with van der Waals surface area (Å²) < 4.78 is 28.0. The first-order valence-electron chi connectivity index (χ1n) is 8.78. The molecule has 3 rings (SSSR count). The average molecular weight is 405 g/mol. The molecule has 142 valence electrons. The SMILES string of the molecule is CCCCCNc1nc2ccccc2nc1NS(=O)(=O)c1cccc(Cl)c1. The highest BCUT2D eigenvalue weighted by atomic mass is 35.5. The van der Waals surface area contributed by atoms with Crippen molar-refractivity contribution in [2.24, 2.45) is 0 Å². The number of sulfonamides is 1. The number of hydrogen-bond donors (Lipinski definition) is 2. The van der Waals surface area contributed by atoms with Crippen LogP contribution in [-0.4, -0.2) is 24.9 Å². The van der Waals surface area contributed by atoms with E-state index in [0.717, 1.165) is 19.3 Å². The van der Waals surface area contributed by atoms with E-state index in [1.807, 2.05) is 18.2 Å². The molecule has 0 fully saturated rings. The van der Waals surface area contributed by atoms with Gasteiger partial charge in [0, 0.05) is 11.6 Å². The van der Waals surface area contributed by atoms with Gasteiger partial charge in [-0.25, -0.2) is 18.4 Å². The van der Waals surface area contributed by atoms with Crippen LogP contribution < -0.4 is 10.0 Å². The maximum absolute atomic E-state index is 12.8. The lowest BCUT2D eigenvalue weighted by Crippen LogP contribution is -2.17. The second-order valence-corrected chi connectivity index (χ2v) is 8.23. The number of nitrogens with zero attached hydrogens (tertiary/aromatic N) is 2. The Balaban J connectivity index is 1.95. The van der Waals surface area contributed by atoms with Crippen molar-refractivity contribution in [1.82, 2.24) is 9.97 Å². The number of benzene rings is 2. The number of rotatable bonds is 8. The van der Waals surface area contributed by atoms with Crippen LogP contribution in [0.4, 0.5) is 11.6 Å². The molecule has 0 aliphatic carbocycles. The van der Waals surface area contributed by atoms with E-state index in [4.69, 9.17) is 11.6 Å². The molecular weight excluding hydrogens is 384 g/mol. The topological polar surface area (TPSA) is 84.0 Å². The largest absolute Gasteiger partial charge is 0.367 e. The summed E-state index contributed by atoms with van der Waals surface area (Å²) in [6, 6.07) is 13.4. The molecule has 2 aromatic carbocycles. The Labute approximate surface area is 164 Å². The molecule has 3 aromatic rings. The summed E-state index contributed by atoms with van der Waals surface area (Å²) >= 11 is 5.93.